The van der Waals surface area contributed by atoms with E-state index < -0.39 is 0 Å². The summed E-state index contributed by atoms with van der Waals surface area (Å²) in [4.78, 5) is 26.3. The summed E-state index contributed by atoms with van der Waals surface area (Å²) in [7, 11) is 0. The lowest BCUT2D eigenvalue weighted by Crippen LogP contribution is -2.35. The SMILES string of the molecule is CC1=C(Cc2c3c(c(O)c4c2OC(=O)CC4c2ccccc2)C(=O)[C@H](C)[C@@H](C)O3)CCC(C)(C)C1. The van der Waals surface area contributed by atoms with Crippen LogP contribution in [0.2, 0.25) is 0 Å². The topological polar surface area (TPSA) is 72.8 Å². The average Bonchev–Trinajstić information content (AvgIpc) is 2.80. The van der Waals surface area contributed by atoms with Crippen LogP contribution in [-0.4, -0.2) is 23.0 Å². The predicted molar refractivity (Wildman–Crippen MR) is 134 cm³/mol. The van der Waals surface area contributed by atoms with E-state index >= 15 is 0 Å². The lowest BCUT2D eigenvalue weighted by Gasteiger charge is -2.36. The molecule has 0 saturated carbocycles. The van der Waals surface area contributed by atoms with Gasteiger partial charge in [-0.15, -0.1) is 0 Å². The summed E-state index contributed by atoms with van der Waals surface area (Å²) in [5.41, 5.74) is 5.26. The molecule has 2 aliphatic heterocycles. The van der Waals surface area contributed by atoms with Gasteiger partial charge in [-0.25, -0.2) is 0 Å². The van der Waals surface area contributed by atoms with Gasteiger partial charge in [-0.05, 0) is 44.1 Å². The zero-order valence-corrected chi connectivity index (χ0v) is 21.2. The van der Waals surface area contributed by atoms with E-state index in [-0.39, 0.29) is 52.8 Å². The Hall–Kier alpha value is -3.08. The Kier molecular flexibility index (Phi) is 5.77. The standard InChI is InChI=1S/C30H34O5/c1-16-15-30(4,5)12-11-20(16)13-22-28-24(21(14-23(31)35-28)19-9-7-6-8-10-19)27(33)25-26(32)17(2)18(3)34-29(22)25/h6-10,17-18,21,33H,11-15H2,1-5H3/t17-,18-,21?/m1/s1. The molecule has 1 N–H and O–H groups in total. The van der Waals surface area contributed by atoms with Crippen molar-refractivity contribution < 1.29 is 24.2 Å². The first-order valence-corrected chi connectivity index (χ1v) is 12.6. The summed E-state index contributed by atoms with van der Waals surface area (Å²) >= 11 is 0. The average molecular weight is 475 g/mol. The van der Waals surface area contributed by atoms with Gasteiger partial charge < -0.3 is 14.6 Å². The second kappa shape index (κ2) is 8.54. The fourth-order valence-corrected chi connectivity index (χ4v) is 5.93. The molecule has 2 heterocycles. The number of carbonyl (C=O) groups is 2. The number of ether oxygens (including phenoxy) is 2. The Bertz CT molecular complexity index is 1240. The number of phenolic OH excluding ortho intramolecular Hbond substituents is 1. The third-order valence-corrected chi connectivity index (χ3v) is 8.16. The number of carbonyl (C=O) groups excluding carboxylic acids is 2. The predicted octanol–water partition coefficient (Wildman–Crippen LogP) is 6.50. The lowest BCUT2D eigenvalue weighted by atomic mass is 9.73. The van der Waals surface area contributed by atoms with Crippen molar-refractivity contribution in [2.45, 2.75) is 78.7 Å². The fourth-order valence-electron chi connectivity index (χ4n) is 5.93. The first-order valence-electron chi connectivity index (χ1n) is 12.6. The number of hydrogen-bond donors (Lipinski definition) is 1. The number of ketones is 1. The van der Waals surface area contributed by atoms with Crippen LogP contribution in [0, 0.1) is 11.3 Å². The molecule has 0 amide bonds. The van der Waals surface area contributed by atoms with Crippen LogP contribution in [0.3, 0.4) is 0 Å². The van der Waals surface area contributed by atoms with Gasteiger partial charge in [-0.1, -0.05) is 62.2 Å². The van der Waals surface area contributed by atoms with Crippen molar-refractivity contribution in [3.8, 4) is 17.2 Å². The molecular formula is C30H34O5. The van der Waals surface area contributed by atoms with Gasteiger partial charge in [-0.2, -0.15) is 0 Å². The van der Waals surface area contributed by atoms with Crippen LogP contribution in [0.4, 0.5) is 0 Å². The minimum Gasteiger partial charge on any atom is -0.507 e. The van der Waals surface area contributed by atoms with E-state index in [4.69, 9.17) is 9.47 Å². The molecule has 2 aromatic carbocycles. The fraction of sp³-hybridized carbons (Fsp3) is 0.467. The van der Waals surface area contributed by atoms with Crippen molar-refractivity contribution in [2.24, 2.45) is 11.3 Å². The monoisotopic (exact) mass is 474 g/mol. The molecule has 3 atom stereocenters. The quantitative estimate of drug-likeness (QED) is 0.312. The highest BCUT2D eigenvalue weighted by Gasteiger charge is 2.43. The van der Waals surface area contributed by atoms with E-state index in [9.17, 15) is 14.7 Å². The molecule has 0 saturated heterocycles. The van der Waals surface area contributed by atoms with Crippen LogP contribution < -0.4 is 9.47 Å². The maximum atomic E-state index is 13.5. The summed E-state index contributed by atoms with van der Waals surface area (Å²) in [5, 5.41) is 11.5. The molecule has 2 aromatic rings. The lowest BCUT2D eigenvalue weighted by molar-refractivity contribution is -0.135. The molecule has 3 aliphatic rings. The Balaban J connectivity index is 1.75. The van der Waals surface area contributed by atoms with Gasteiger partial charge in [0.25, 0.3) is 0 Å². The summed E-state index contributed by atoms with van der Waals surface area (Å²) in [6.45, 7) is 10.5. The van der Waals surface area contributed by atoms with E-state index in [1.54, 1.807) is 0 Å². The molecule has 1 unspecified atom stereocenters. The molecule has 0 aromatic heterocycles. The maximum Gasteiger partial charge on any atom is 0.312 e. The summed E-state index contributed by atoms with van der Waals surface area (Å²) < 4.78 is 12.2. The summed E-state index contributed by atoms with van der Waals surface area (Å²) in [5.74, 6) is -0.601. The van der Waals surface area contributed by atoms with Crippen molar-refractivity contribution in [3.05, 3.63) is 63.7 Å². The molecule has 1 aliphatic carbocycles. The molecular weight excluding hydrogens is 440 g/mol. The van der Waals surface area contributed by atoms with Crippen molar-refractivity contribution in [3.63, 3.8) is 0 Å². The van der Waals surface area contributed by atoms with Crippen molar-refractivity contribution in [1.29, 1.82) is 0 Å². The molecule has 5 heteroatoms. The number of phenols is 1. The number of esters is 1. The van der Waals surface area contributed by atoms with Crippen LogP contribution in [0.1, 0.15) is 93.3 Å². The normalized spacial score (nSPS) is 25.5. The van der Waals surface area contributed by atoms with Gasteiger partial charge in [0.15, 0.2) is 5.78 Å². The van der Waals surface area contributed by atoms with Crippen LogP contribution in [0.5, 0.6) is 17.2 Å². The number of allylic oxidation sites excluding steroid dienone is 2. The maximum absolute atomic E-state index is 13.5. The van der Waals surface area contributed by atoms with E-state index in [0.29, 0.717) is 29.0 Å². The Morgan fingerprint density at radius 3 is 2.49 bits per heavy atom. The van der Waals surface area contributed by atoms with E-state index in [0.717, 1.165) is 24.8 Å². The number of rotatable bonds is 3. The third-order valence-electron chi connectivity index (χ3n) is 8.16. The molecule has 0 radical (unpaired) electrons. The molecule has 35 heavy (non-hydrogen) atoms. The highest BCUT2D eigenvalue weighted by Crippen LogP contribution is 2.54. The van der Waals surface area contributed by atoms with Crippen LogP contribution in [0.25, 0.3) is 0 Å². The molecule has 184 valence electrons. The smallest absolute Gasteiger partial charge is 0.312 e. The van der Waals surface area contributed by atoms with Gasteiger partial charge in [0.2, 0.25) is 0 Å². The van der Waals surface area contributed by atoms with Gasteiger partial charge >= 0.3 is 5.97 Å². The Labute approximate surface area is 207 Å². The Morgan fingerprint density at radius 2 is 1.80 bits per heavy atom. The van der Waals surface area contributed by atoms with Crippen molar-refractivity contribution in [1.82, 2.24) is 0 Å². The first-order chi connectivity index (χ1) is 16.6. The molecule has 0 fully saturated rings. The van der Waals surface area contributed by atoms with E-state index in [2.05, 4.69) is 20.8 Å². The summed E-state index contributed by atoms with van der Waals surface area (Å²) in [6, 6.07) is 9.65. The highest BCUT2D eigenvalue weighted by atomic mass is 16.5. The Morgan fingerprint density at radius 1 is 1.09 bits per heavy atom. The van der Waals surface area contributed by atoms with Gasteiger partial charge in [0.05, 0.1) is 12.3 Å². The minimum absolute atomic E-state index is 0.111. The molecule has 0 bridgehead atoms. The molecule has 0 spiro atoms. The number of fused-ring (bicyclic) bond motifs is 2. The van der Waals surface area contributed by atoms with Crippen LogP contribution >= 0.6 is 0 Å². The number of aromatic hydroxyl groups is 1. The zero-order valence-electron chi connectivity index (χ0n) is 21.2. The first kappa shape index (κ1) is 23.7. The minimum atomic E-state index is -0.390. The highest BCUT2D eigenvalue weighted by molar-refractivity contribution is 6.05. The van der Waals surface area contributed by atoms with Crippen LogP contribution in [-0.2, 0) is 11.2 Å². The molecule has 5 nitrogen and oxygen atoms in total. The summed E-state index contributed by atoms with van der Waals surface area (Å²) in [6.07, 6.45) is 3.33. The second-order valence-corrected chi connectivity index (χ2v) is 11.3. The number of Topliss-reactive ketones (excluding diaryl/α,β-unsaturated/α-hetero) is 1. The van der Waals surface area contributed by atoms with Gasteiger partial charge in [0.1, 0.15) is 28.9 Å². The number of hydrogen-bond acceptors (Lipinski definition) is 5. The van der Waals surface area contributed by atoms with Gasteiger partial charge in [0, 0.05) is 23.5 Å². The second-order valence-electron chi connectivity index (χ2n) is 11.3. The zero-order chi connectivity index (χ0) is 25.1. The molecule has 5 rings (SSSR count). The largest absolute Gasteiger partial charge is 0.507 e. The third kappa shape index (κ3) is 4.05. The van der Waals surface area contributed by atoms with E-state index in [1.165, 1.54) is 11.1 Å². The number of benzene rings is 2. The van der Waals surface area contributed by atoms with E-state index in [1.807, 2.05) is 44.2 Å². The van der Waals surface area contributed by atoms with Crippen LogP contribution in [0.15, 0.2) is 41.5 Å². The van der Waals surface area contributed by atoms with Crippen molar-refractivity contribution >= 4 is 11.8 Å². The van der Waals surface area contributed by atoms with Gasteiger partial charge in [-0.3, -0.25) is 9.59 Å². The van der Waals surface area contributed by atoms with Crippen molar-refractivity contribution in [2.75, 3.05) is 0 Å².